The molecule has 0 bridgehead atoms. The highest BCUT2D eigenvalue weighted by atomic mass is 14.5. The Kier molecular flexibility index (Phi) is 18.0. The fourth-order valence-electron chi connectivity index (χ4n) is 3.16. The summed E-state index contributed by atoms with van der Waals surface area (Å²) in [6.45, 7) is 5.48. The monoisotopic (exact) mass is 297 g/mol. The molecule has 0 aromatic heterocycles. The van der Waals surface area contributed by atoms with E-state index in [0.717, 1.165) is 12.5 Å². The molecule has 1 nitrogen and oxygen atoms in total. The highest BCUT2D eigenvalue weighted by Crippen LogP contribution is 2.18. The van der Waals surface area contributed by atoms with Crippen LogP contribution in [0, 0.1) is 5.92 Å². The largest absolute Gasteiger partial charge is 0.330 e. The van der Waals surface area contributed by atoms with Crippen molar-refractivity contribution in [2.24, 2.45) is 11.7 Å². The molecule has 0 saturated carbocycles. The number of unbranched alkanes of at least 4 members (excludes halogenated alkanes) is 12. The van der Waals surface area contributed by atoms with E-state index in [0.29, 0.717) is 0 Å². The van der Waals surface area contributed by atoms with Gasteiger partial charge in [0.15, 0.2) is 0 Å². The molecule has 0 aromatic carbocycles. The van der Waals surface area contributed by atoms with Gasteiger partial charge in [-0.05, 0) is 25.3 Å². The Labute approximate surface area is 135 Å². The molecule has 1 heteroatoms. The van der Waals surface area contributed by atoms with Crippen molar-refractivity contribution in [3.63, 3.8) is 0 Å². The molecule has 0 radical (unpaired) electrons. The Morgan fingerprint density at radius 3 is 1.19 bits per heavy atom. The smallest absolute Gasteiger partial charge is 0.00489 e. The van der Waals surface area contributed by atoms with Crippen molar-refractivity contribution in [3.8, 4) is 0 Å². The van der Waals surface area contributed by atoms with Gasteiger partial charge >= 0.3 is 0 Å². The predicted molar refractivity (Wildman–Crippen MR) is 97.8 cm³/mol. The van der Waals surface area contributed by atoms with Crippen LogP contribution < -0.4 is 5.73 Å². The summed E-state index contributed by atoms with van der Waals surface area (Å²) in [6, 6.07) is 0. The van der Waals surface area contributed by atoms with Crippen molar-refractivity contribution >= 4 is 0 Å². The van der Waals surface area contributed by atoms with Crippen molar-refractivity contribution in [3.05, 3.63) is 0 Å². The van der Waals surface area contributed by atoms with Crippen LogP contribution in [0.2, 0.25) is 0 Å². The maximum atomic E-state index is 5.93. The molecule has 0 rings (SSSR count). The highest BCUT2D eigenvalue weighted by molar-refractivity contribution is 4.61. The van der Waals surface area contributed by atoms with Crippen molar-refractivity contribution < 1.29 is 0 Å². The Hall–Kier alpha value is -0.0400. The molecule has 0 unspecified atom stereocenters. The fourth-order valence-corrected chi connectivity index (χ4v) is 3.16. The summed E-state index contributed by atoms with van der Waals surface area (Å²) >= 11 is 0. The zero-order chi connectivity index (χ0) is 15.6. The summed E-state index contributed by atoms with van der Waals surface area (Å²) in [5, 5.41) is 0. The summed E-state index contributed by atoms with van der Waals surface area (Å²) in [5.41, 5.74) is 5.93. The number of hydrogen-bond acceptors (Lipinski definition) is 1. The molecule has 0 spiro atoms. The minimum atomic E-state index is 0.802. The molecule has 0 aliphatic heterocycles. The van der Waals surface area contributed by atoms with Crippen LogP contribution in [-0.2, 0) is 0 Å². The zero-order valence-corrected chi connectivity index (χ0v) is 15.2. The van der Waals surface area contributed by atoms with E-state index in [9.17, 15) is 0 Å². The third-order valence-corrected chi connectivity index (χ3v) is 4.77. The van der Waals surface area contributed by atoms with E-state index in [1.54, 1.807) is 0 Å². The molecule has 0 aliphatic rings. The molecule has 1 atom stereocenters. The van der Waals surface area contributed by atoms with E-state index < -0.39 is 0 Å². The topological polar surface area (TPSA) is 26.0 Å². The normalized spacial score (nSPS) is 12.7. The van der Waals surface area contributed by atoms with Gasteiger partial charge in [-0.3, -0.25) is 0 Å². The van der Waals surface area contributed by atoms with E-state index in [-0.39, 0.29) is 0 Å². The lowest BCUT2D eigenvalue weighted by atomic mass is 9.94. The van der Waals surface area contributed by atoms with Gasteiger partial charge in [0.25, 0.3) is 0 Å². The molecule has 0 aliphatic carbocycles. The fraction of sp³-hybridized carbons (Fsp3) is 1.00. The lowest BCUT2D eigenvalue weighted by Crippen LogP contribution is -2.14. The molecular formula is C20H43N. The van der Waals surface area contributed by atoms with Crippen LogP contribution in [0.1, 0.15) is 117 Å². The van der Waals surface area contributed by atoms with Crippen molar-refractivity contribution in [2.75, 3.05) is 6.54 Å². The van der Waals surface area contributed by atoms with Gasteiger partial charge in [0.1, 0.15) is 0 Å². The lowest BCUT2D eigenvalue weighted by Gasteiger charge is -2.14. The predicted octanol–water partition coefficient (Wildman–Crippen LogP) is 6.84. The molecule has 0 aromatic rings. The average Bonchev–Trinajstić information content (AvgIpc) is 2.51. The third-order valence-electron chi connectivity index (χ3n) is 4.77. The average molecular weight is 298 g/mol. The molecular weight excluding hydrogens is 254 g/mol. The SMILES string of the molecule is CCCCCCCCCC[C@H](CN)CCCCCCCC. The molecule has 0 fully saturated rings. The summed E-state index contributed by atoms with van der Waals surface area (Å²) < 4.78 is 0. The van der Waals surface area contributed by atoms with E-state index in [4.69, 9.17) is 5.73 Å². The van der Waals surface area contributed by atoms with Crippen molar-refractivity contribution in [1.29, 1.82) is 0 Å². The maximum Gasteiger partial charge on any atom is -0.00489 e. The van der Waals surface area contributed by atoms with Crippen LogP contribution in [0.25, 0.3) is 0 Å². The van der Waals surface area contributed by atoms with Gasteiger partial charge in [0.2, 0.25) is 0 Å². The van der Waals surface area contributed by atoms with E-state index >= 15 is 0 Å². The highest BCUT2D eigenvalue weighted by Gasteiger charge is 2.06. The van der Waals surface area contributed by atoms with E-state index in [2.05, 4.69) is 13.8 Å². The first-order valence-electron chi connectivity index (χ1n) is 10.0. The third kappa shape index (κ3) is 16.2. The number of rotatable bonds is 17. The minimum Gasteiger partial charge on any atom is -0.330 e. The molecule has 2 N–H and O–H groups in total. The summed E-state index contributed by atoms with van der Waals surface area (Å²) in [7, 11) is 0. The Balaban J connectivity index is 3.28. The second-order valence-electron chi connectivity index (χ2n) is 6.92. The van der Waals surface area contributed by atoms with E-state index in [1.165, 1.54) is 103 Å². The van der Waals surface area contributed by atoms with Gasteiger partial charge in [-0.25, -0.2) is 0 Å². The van der Waals surface area contributed by atoms with Crippen LogP contribution in [0.5, 0.6) is 0 Å². The Morgan fingerprint density at radius 2 is 0.857 bits per heavy atom. The van der Waals surface area contributed by atoms with Gasteiger partial charge in [-0.1, -0.05) is 104 Å². The maximum absolute atomic E-state index is 5.93. The van der Waals surface area contributed by atoms with Gasteiger partial charge in [-0.15, -0.1) is 0 Å². The van der Waals surface area contributed by atoms with Gasteiger partial charge in [0.05, 0.1) is 0 Å². The minimum absolute atomic E-state index is 0.802. The van der Waals surface area contributed by atoms with Crippen molar-refractivity contribution in [2.45, 2.75) is 117 Å². The number of hydrogen-bond donors (Lipinski definition) is 1. The Morgan fingerprint density at radius 1 is 0.524 bits per heavy atom. The molecule has 0 saturated heterocycles. The van der Waals surface area contributed by atoms with Crippen LogP contribution in [0.3, 0.4) is 0 Å². The van der Waals surface area contributed by atoms with Crippen LogP contribution in [0.15, 0.2) is 0 Å². The zero-order valence-electron chi connectivity index (χ0n) is 15.2. The standard InChI is InChI=1S/C20H43N/c1-3-5-7-9-11-12-14-16-18-20(19-21)17-15-13-10-8-6-4-2/h20H,3-19,21H2,1-2H3/t20-/m1/s1. The van der Waals surface area contributed by atoms with Crippen LogP contribution in [0.4, 0.5) is 0 Å². The Bertz CT molecular complexity index is 179. The number of nitrogens with two attached hydrogens (primary N) is 1. The van der Waals surface area contributed by atoms with Crippen LogP contribution >= 0.6 is 0 Å². The molecule has 128 valence electrons. The second-order valence-corrected chi connectivity index (χ2v) is 6.92. The van der Waals surface area contributed by atoms with Crippen molar-refractivity contribution in [1.82, 2.24) is 0 Å². The quantitative estimate of drug-likeness (QED) is 0.292. The first-order chi connectivity index (χ1) is 10.3. The first kappa shape index (κ1) is 21.0. The molecule has 0 amide bonds. The molecule has 21 heavy (non-hydrogen) atoms. The van der Waals surface area contributed by atoms with Gasteiger partial charge in [0, 0.05) is 0 Å². The lowest BCUT2D eigenvalue weighted by molar-refractivity contribution is 0.410. The van der Waals surface area contributed by atoms with Crippen LogP contribution in [-0.4, -0.2) is 6.54 Å². The summed E-state index contributed by atoms with van der Waals surface area (Å²) in [6.07, 6.45) is 22.6. The summed E-state index contributed by atoms with van der Waals surface area (Å²) in [5.74, 6) is 0.802. The molecule has 0 heterocycles. The summed E-state index contributed by atoms with van der Waals surface area (Å²) in [4.78, 5) is 0. The first-order valence-corrected chi connectivity index (χ1v) is 10.0. The van der Waals surface area contributed by atoms with E-state index in [1.807, 2.05) is 0 Å². The van der Waals surface area contributed by atoms with Gasteiger partial charge < -0.3 is 5.73 Å². The second kappa shape index (κ2) is 18.0. The van der Waals surface area contributed by atoms with Gasteiger partial charge in [-0.2, -0.15) is 0 Å².